The first-order chi connectivity index (χ1) is 8.19. The number of hydrogen-bond acceptors (Lipinski definition) is 1. The van der Waals surface area contributed by atoms with Crippen LogP contribution in [0.15, 0.2) is 30.3 Å². The zero-order valence-corrected chi connectivity index (χ0v) is 11.2. The Labute approximate surface area is 108 Å². The van der Waals surface area contributed by atoms with Gasteiger partial charge in [0, 0.05) is 6.54 Å². The van der Waals surface area contributed by atoms with E-state index in [9.17, 15) is 4.79 Å². The van der Waals surface area contributed by atoms with Gasteiger partial charge < -0.3 is 5.32 Å². The van der Waals surface area contributed by atoms with Crippen molar-refractivity contribution in [2.24, 2.45) is 0 Å². The number of halogens is 1. The number of amides is 1. The molecule has 1 rings (SSSR count). The second-order valence-electron chi connectivity index (χ2n) is 4.12. The van der Waals surface area contributed by atoms with Crippen molar-refractivity contribution in [2.75, 3.05) is 6.54 Å². The Hall–Kier alpha value is -1.02. The van der Waals surface area contributed by atoms with Crippen molar-refractivity contribution in [1.29, 1.82) is 0 Å². The fraction of sp³-hybridized carbons (Fsp3) is 0.500. The molecule has 3 heteroatoms. The fourth-order valence-corrected chi connectivity index (χ4v) is 1.81. The fourth-order valence-electron chi connectivity index (χ4n) is 1.74. The second kappa shape index (κ2) is 7.33. The van der Waals surface area contributed by atoms with Gasteiger partial charge in [0.2, 0.25) is 5.91 Å². The standard InChI is InChI=1S/C14H20ClNO/c1-3-12(15)10-16-14(17)13(4-2)11-8-6-5-7-9-11/h5-9,12-13H,3-4,10H2,1-2H3,(H,16,17). The molecule has 0 aliphatic carbocycles. The van der Waals surface area contributed by atoms with Crippen LogP contribution in [0.3, 0.4) is 0 Å². The lowest BCUT2D eigenvalue weighted by molar-refractivity contribution is -0.122. The Kier molecular flexibility index (Phi) is 6.06. The molecule has 0 spiro atoms. The predicted octanol–water partition coefficient (Wildman–Crippen LogP) is 3.31. The first-order valence-electron chi connectivity index (χ1n) is 6.15. The lowest BCUT2D eigenvalue weighted by Gasteiger charge is -2.16. The second-order valence-corrected chi connectivity index (χ2v) is 4.74. The lowest BCUT2D eigenvalue weighted by Crippen LogP contribution is -2.33. The maximum Gasteiger partial charge on any atom is 0.227 e. The van der Waals surface area contributed by atoms with Crippen LogP contribution in [0.5, 0.6) is 0 Å². The highest BCUT2D eigenvalue weighted by Gasteiger charge is 2.18. The smallest absolute Gasteiger partial charge is 0.227 e. The van der Waals surface area contributed by atoms with Crippen molar-refractivity contribution in [1.82, 2.24) is 5.32 Å². The molecule has 0 aliphatic heterocycles. The summed E-state index contributed by atoms with van der Waals surface area (Å²) in [4.78, 5) is 12.0. The van der Waals surface area contributed by atoms with Crippen molar-refractivity contribution in [3.05, 3.63) is 35.9 Å². The summed E-state index contributed by atoms with van der Waals surface area (Å²) in [6.07, 6.45) is 1.67. The van der Waals surface area contributed by atoms with Gasteiger partial charge in [0.15, 0.2) is 0 Å². The molecule has 2 atom stereocenters. The molecule has 2 unspecified atom stereocenters. The Bertz CT molecular complexity index is 339. The average molecular weight is 254 g/mol. The molecule has 1 aromatic carbocycles. The van der Waals surface area contributed by atoms with Gasteiger partial charge >= 0.3 is 0 Å². The van der Waals surface area contributed by atoms with Crippen LogP contribution in [0, 0.1) is 0 Å². The van der Waals surface area contributed by atoms with Crippen molar-refractivity contribution < 1.29 is 4.79 Å². The van der Waals surface area contributed by atoms with E-state index in [1.807, 2.05) is 44.2 Å². The molecule has 1 N–H and O–H groups in total. The van der Waals surface area contributed by atoms with E-state index < -0.39 is 0 Å². The zero-order chi connectivity index (χ0) is 12.7. The Morgan fingerprint density at radius 2 is 1.88 bits per heavy atom. The number of rotatable bonds is 6. The normalized spacial score (nSPS) is 14.1. The number of carbonyl (C=O) groups excluding carboxylic acids is 1. The van der Waals surface area contributed by atoms with Gasteiger partial charge in [0.1, 0.15) is 0 Å². The van der Waals surface area contributed by atoms with Gasteiger partial charge in [0.25, 0.3) is 0 Å². The first-order valence-corrected chi connectivity index (χ1v) is 6.59. The van der Waals surface area contributed by atoms with Gasteiger partial charge in [-0.2, -0.15) is 0 Å². The summed E-state index contributed by atoms with van der Waals surface area (Å²) in [6.45, 7) is 4.58. The summed E-state index contributed by atoms with van der Waals surface area (Å²) in [7, 11) is 0. The van der Waals surface area contributed by atoms with Gasteiger partial charge in [-0.15, -0.1) is 11.6 Å². The third-order valence-electron chi connectivity index (χ3n) is 2.87. The van der Waals surface area contributed by atoms with Crippen LogP contribution in [0.4, 0.5) is 0 Å². The maximum absolute atomic E-state index is 12.0. The van der Waals surface area contributed by atoms with Crippen LogP contribution in [0.25, 0.3) is 0 Å². The van der Waals surface area contributed by atoms with E-state index in [-0.39, 0.29) is 17.2 Å². The molecule has 2 nitrogen and oxygen atoms in total. The molecule has 1 aromatic rings. The third-order valence-corrected chi connectivity index (χ3v) is 3.33. The largest absolute Gasteiger partial charge is 0.354 e. The maximum atomic E-state index is 12.0. The predicted molar refractivity (Wildman–Crippen MR) is 72.4 cm³/mol. The molecule has 0 bridgehead atoms. The average Bonchev–Trinajstić information content (AvgIpc) is 2.38. The zero-order valence-electron chi connectivity index (χ0n) is 10.4. The van der Waals surface area contributed by atoms with E-state index >= 15 is 0 Å². The minimum Gasteiger partial charge on any atom is -0.354 e. The van der Waals surface area contributed by atoms with Gasteiger partial charge in [-0.25, -0.2) is 0 Å². The molecule has 0 saturated heterocycles. The van der Waals surface area contributed by atoms with E-state index in [4.69, 9.17) is 11.6 Å². The third kappa shape index (κ3) is 4.39. The van der Waals surface area contributed by atoms with Crippen molar-refractivity contribution in [3.8, 4) is 0 Å². The molecule has 0 radical (unpaired) electrons. The molecule has 94 valence electrons. The minimum atomic E-state index is -0.0723. The van der Waals surface area contributed by atoms with E-state index in [0.29, 0.717) is 6.54 Å². The highest BCUT2D eigenvalue weighted by atomic mass is 35.5. The Morgan fingerprint density at radius 1 is 1.24 bits per heavy atom. The van der Waals surface area contributed by atoms with E-state index in [1.165, 1.54) is 0 Å². The highest BCUT2D eigenvalue weighted by molar-refractivity contribution is 6.20. The van der Waals surface area contributed by atoms with Crippen LogP contribution < -0.4 is 5.32 Å². The van der Waals surface area contributed by atoms with Crippen LogP contribution in [-0.4, -0.2) is 17.8 Å². The van der Waals surface area contributed by atoms with Crippen LogP contribution >= 0.6 is 11.6 Å². The van der Waals surface area contributed by atoms with Crippen molar-refractivity contribution in [3.63, 3.8) is 0 Å². The quantitative estimate of drug-likeness (QED) is 0.775. The van der Waals surface area contributed by atoms with Crippen molar-refractivity contribution >= 4 is 17.5 Å². The van der Waals surface area contributed by atoms with Gasteiger partial charge in [-0.1, -0.05) is 44.2 Å². The van der Waals surface area contributed by atoms with Gasteiger partial charge in [-0.05, 0) is 18.4 Å². The summed E-state index contributed by atoms with van der Waals surface area (Å²) < 4.78 is 0. The number of nitrogens with one attached hydrogen (secondary N) is 1. The molecule has 17 heavy (non-hydrogen) atoms. The van der Waals surface area contributed by atoms with Crippen LogP contribution in [-0.2, 0) is 4.79 Å². The molecule has 0 fully saturated rings. The summed E-state index contributed by atoms with van der Waals surface area (Å²) in [6, 6.07) is 9.86. The highest BCUT2D eigenvalue weighted by Crippen LogP contribution is 2.19. The number of benzene rings is 1. The Morgan fingerprint density at radius 3 is 2.41 bits per heavy atom. The molecular formula is C14H20ClNO. The van der Waals surface area contributed by atoms with Gasteiger partial charge in [-0.3, -0.25) is 4.79 Å². The summed E-state index contributed by atoms with van der Waals surface area (Å²) >= 11 is 5.99. The monoisotopic (exact) mass is 253 g/mol. The summed E-state index contributed by atoms with van der Waals surface area (Å²) in [5, 5.41) is 2.93. The molecule has 0 saturated carbocycles. The first kappa shape index (κ1) is 14.0. The molecule has 0 aromatic heterocycles. The summed E-state index contributed by atoms with van der Waals surface area (Å²) in [5.74, 6) is -0.00489. The van der Waals surface area contributed by atoms with Gasteiger partial charge in [0.05, 0.1) is 11.3 Å². The lowest BCUT2D eigenvalue weighted by atomic mass is 9.95. The minimum absolute atomic E-state index is 0.0206. The number of hydrogen-bond donors (Lipinski definition) is 1. The van der Waals surface area contributed by atoms with E-state index in [2.05, 4.69) is 5.32 Å². The number of carbonyl (C=O) groups is 1. The molecule has 0 heterocycles. The van der Waals surface area contributed by atoms with E-state index in [0.717, 1.165) is 18.4 Å². The van der Waals surface area contributed by atoms with Crippen LogP contribution in [0.1, 0.15) is 38.2 Å². The summed E-state index contributed by atoms with van der Waals surface area (Å²) in [5.41, 5.74) is 1.06. The molecule has 1 amide bonds. The number of alkyl halides is 1. The Balaban J connectivity index is 2.59. The topological polar surface area (TPSA) is 29.1 Å². The van der Waals surface area contributed by atoms with E-state index in [1.54, 1.807) is 0 Å². The van der Waals surface area contributed by atoms with Crippen LogP contribution in [0.2, 0.25) is 0 Å². The van der Waals surface area contributed by atoms with Crippen molar-refractivity contribution in [2.45, 2.75) is 38.0 Å². The SMILES string of the molecule is CCC(Cl)CNC(=O)C(CC)c1ccccc1. The molecular weight excluding hydrogens is 234 g/mol. The molecule has 0 aliphatic rings.